The van der Waals surface area contributed by atoms with Crippen LogP contribution in [0.5, 0.6) is 0 Å². The zero-order valence-electron chi connectivity index (χ0n) is 24.0. The molecule has 3 fully saturated rings. The van der Waals surface area contributed by atoms with E-state index in [-0.39, 0.29) is 23.8 Å². The standard InChI is InChI=1S/C24H32N4O3.2C2HF3O2/c29-21(30)10-6-2-5-9-19(22-25-17-20(26-22)18-7-3-1-4-8-18)27-23(31)24-11-14-28(15-12-24)16-13-24;2*3-2(4,5)1(6)7/h1,3-4,7-8,17,19H,2,5-6,9-16H2,(H,25,26)(H,27,31)(H,29,30);2*(H,6,7)/t19-;;/m0../s1. The Labute approximate surface area is 253 Å². The van der Waals surface area contributed by atoms with Gasteiger partial charge in [-0.05, 0) is 57.3 Å². The van der Waals surface area contributed by atoms with E-state index < -0.39 is 30.3 Å². The van der Waals surface area contributed by atoms with Crippen LogP contribution in [0.25, 0.3) is 11.3 Å². The van der Waals surface area contributed by atoms with Crippen molar-refractivity contribution in [2.75, 3.05) is 19.6 Å². The van der Waals surface area contributed by atoms with Crippen LogP contribution in [0.4, 0.5) is 26.3 Å². The first-order valence-electron chi connectivity index (χ1n) is 13.9. The van der Waals surface area contributed by atoms with E-state index in [9.17, 15) is 35.9 Å². The molecule has 1 amide bonds. The van der Waals surface area contributed by atoms with Gasteiger partial charge in [0.05, 0.1) is 23.3 Å². The minimum absolute atomic E-state index is 0.153. The number of halogens is 6. The Kier molecular flexibility index (Phi) is 13.4. The molecule has 3 aliphatic rings. The van der Waals surface area contributed by atoms with Crippen molar-refractivity contribution in [2.45, 2.75) is 69.8 Å². The molecular formula is C28H34F6N4O7. The Bertz CT molecular complexity index is 1240. The molecule has 0 radical (unpaired) electrons. The Morgan fingerprint density at radius 1 is 0.867 bits per heavy atom. The number of hydrogen-bond donors (Lipinski definition) is 5. The van der Waals surface area contributed by atoms with E-state index in [4.69, 9.17) is 24.9 Å². The number of fused-ring (bicyclic) bond motifs is 3. The van der Waals surface area contributed by atoms with Crippen LogP contribution < -0.4 is 5.32 Å². The molecule has 0 aliphatic carbocycles. The van der Waals surface area contributed by atoms with E-state index >= 15 is 0 Å². The van der Waals surface area contributed by atoms with Crippen molar-refractivity contribution in [1.29, 1.82) is 0 Å². The molecule has 5 N–H and O–H groups in total. The van der Waals surface area contributed by atoms with E-state index in [2.05, 4.69) is 20.2 Å². The number of carbonyl (C=O) groups excluding carboxylic acids is 1. The second-order valence-corrected chi connectivity index (χ2v) is 10.5. The Morgan fingerprint density at radius 2 is 1.38 bits per heavy atom. The lowest BCUT2D eigenvalue weighted by atomic mass is 9.71. The van der Waals surface area contributed by atoms with Crippen LogP contribution in [0, 0.1) is 5.41 Å². The molecule has 45 heavy (non-hydrogen) atoms. The SMILES string of the molecule is O=C(O)C(F)(F)F.O=C(O)C(F)(F)F.O=C(O)CCCCC[C@H](NC(=O)C12CCN(CC1)CC2)c1ncc(-c2ccccc2)[nH]1. The van der Waals surface area contributed by atoms with Gasteiger partial charge in [0.1, 0.15) is 5.82 Å². The summed E-state index contributed by atoms with van der Waals surface area (Å²) >= 11 is 0. The van der Waals surface area contributed by atoms with Crippen molar-refractivity contribution in [1.82, 2.24) is 20.2 Å². The van der Waals surface area contributed by atoms with E-state index in [1.54, 1.807) is 0 Å². The number of unbranched alkanes of at least 4 members (excludes halogenated alkanes) is 2. The van der Waals surface area contributed by atoms with E-state index in [0.717, 1.165) is 75.2 Å². The summed E-state index contributed by atoms with van der Waals surface area (Å²) in [6, 6.07) is 9.84. The Balaban J connectivity index is 0.000000421. The molecule has 2 bridgehead atoms. The number of aliphatic carboxylic acids is 3. The fraction of sp³-hybridized carbons (Fsp3) is 0.536. The molecule has 0 saturated carbocycles. The van der Waals surface area contributed by atoms with Gasteiger partial charge in [-0.15, -0.1) is 0 Å². The van der Waals surface area contributed by atoms with Gasteiger partial charge in [-0.3, -0.25) is 9.59 Å². The second-order valence-electron chi connectivity index (χ2n) is 10.5. The molecule has 0 spiro atoms. The maximum Gasteiger partial charge on any atom is 0.490 e. The van der Waals surface area contributed by atoms with Crippen LogP contribution in [0.2, 0.25) is 0 Å². The predicted molar refractivity (Wildman–Crippen MR) is 146 cm³/mol. The number of H-pyrrole nitrogens is 1. The van der Waals surface area contributed by atoms with Crippen molar-refractivity contribution >= 4 is 23.8 Å². The van der Waals surface area contributed by atoms with E-state index in [1.165, 1.54) is 0 Å². The maximum atomic E-state index is 13.4. The summed E-state index contributed by atoms with van der Waals surface area (Å²) in [7, 11) is 0. The number of benzene rings is 1. The minimum atomic E-state index is -5.08. The molecule has 1 atom stereocenters. The number of carbonyl (C=O) groups is 4. The van der Waals surface area contributed by atoms with Crippen LogP contribution >= 0.6 is 0 Å². The Morgan fingerprint density at radius 3 is 1.84 bits per heavy atom. The van der Waals surface area contributed by atoms with Crippen molar-refractivity contribution in [3.8, 4) is 11.3 Å². The first-order chi connectivity index (χ1) is 20.9. The molecule has 5 rings (SSSR count). The first-order valence-corrected chi connectivity index (χ1v) is 13.9. The van der Waals surface area contributed by atoms with Crippen molar-refractivity contribution in [2.24, 2.45) is 5.41 Å². The molecule has 1 aromatic heterocycles. The third-order valence-electron chi connectivity index (χ3n) is 7.39. The monoisotopic (exact) mass is 652 g/mol. The van der Waals surface area contributed by atoms with Gasteiger partial charge in [0, 0.05) is 6.42 Å². The zero-order chi connectivity index (χ0) is 33.8. The summed E-state index contributed by atoms with van der Waals surface area (Å²) in [5.41, 5.74) is 1.75. The van der Waals surface area contributed by atoms with Crippen molar-refractivity contribution < 1.29 is 60.8 Å². The lowest BCUT2D eigenvalue weighted by Crippen LogP contribution is -2.55. The van der Waals surface area contributed by atoms with Gasteiger partial charge in [0.2, 0.25) is 5.91 Å². The number of hydrogen-bond acceptors (Lipinski definition) is 6. The fourth-order valence-electron chi connectivity index (χ4n) is 4.84. The second kappa shape index (κ2) is 16.2. The largest absolute Gasteiger partial charge is 0.490 e. The number of imidazole rings is 1. The number of carboxylic acid groups (broad SMARTS) is 3. The number of aromatic amines is 1. The van der Waals surface area contributed by atoms with Gasteiger partial charge in [-0.2, -0.15) is 26.3 Å². The third-order valence-corrected chi connectivity index (χ3v) is 7.39. The number of rotatable bonds is 10. The summed E-state index contributed by atoms with van der Waals surface area (Å²) < 4.78 is 63.5. The molecule has 0 unspecified atom stereocenters. The summed E-state index contributed by atoms with van der Waals surface area (Å²) in [6.07, 6.45) is -2.29. The maximum absolute atomic E-state index is 13.4. The van der Waals surface area contributed by atoms with Crippen molar-refractivity contribution in [3.63, 3.8) is 0 Å². The van der Waals surface area contributed by atoms with Gasteiger partial charge in [0.25, 0.3) is 0 Å². The summed E-state index contributed by atoms with van der Waals surface area (Å²) in [5, 5.41) is 26.4. The molecule has 1 aromatic carbocycles. The van der Waals surface area contributed by atoms with Crippen LogP contribution in [0.3, 0.4) is 0 Å². The number of piperidine rings is 3. The average molecular weight is 653 g/mol. The summed E-state index contributed by atoms with van der Waals surface area (Å²) in [6.45, 7) is 3.02. The zero-order valence-corrected chi connectivity index (χ0v) is 24.0. The Hall–Kier alpha value is -4.15. The number of alkyl halides is 6. The topological polar surface area (TPSA) is 173 Å². The molecule has 17 heteroatoms. The highest BCUT2D eigenvalue weighted by atomic mass is 19.4. The lowest BCUT2D eigenvalue weighted by molar-refractivity contribution is -0.193. The smallest absolute Gasteiger partial charge is 0.481 e. The minimum Gasteiger partial charge on any atom is -0.481 e. The van der Waals surface area contributed by atoms with Crippen LogP contribution in [0.1, 0.15) is 63.2 Å². The quantitative estimate of drug-likeness (QED) is 0.174. The lowest BCUT2D eigenvalue weighted by Gasteiger charge is -2.47. The van der Waals surface area contributed by atoms with Gasteiger partial charge in [-0.1, -0.05) is 43.2 Å². The van der Waals surface area contributed by atoms with Crippen LogP contribution in [-0.4, -0.2) is 86.0 Å². The van der Waals surface area contributed by atoms with Gasteiger partial charge in [0.15, 0.2) is 0 Å². The van der Waals surface area contributed by atoms with Gasteiger partial charge in [-0.25, -0.2) is 14.6 Å². The fourth-order valence-corrected chi connectivity index (χ4v) is 4.84. The molecule has 11 nitrogen and oxygen atoms in total. The number of carboxylic acids is 3. The molecule has 4 heterocycles. The number of nitrogens with zero attached hydrogens (tertiary/aromatic N) is 2. The normalized spacial score (nSPS) is 19.6. The van der Waals surface area contributed by atoms with E-state index in [1.807, 2.05) is 36.5 Å². The molecule has 3 saturated heterocycles. The number of nitrogens with one attached hydrogen (secondary N) is 2. The summed E-state index contributed by atoms with van der Waals surface area (Å²) in [5.74, 6) is -5.35. The highest BCUT2D eigenvalue weighted by Crippen LogP contribution is 2.41. The number of amides is 1. The van der Waals surface area contributed by atoms with Crippen molar-refractivity contribution in [3.05, 3.63) is 42.4 Å². The molecule has 250 valence electrons. The predicted octanol–water partition coefficient (Wildman–Crippen LogP) is 5.02. The van der Waals surface area contributed by atoms with Gasteiger partial charge >= 0.3 is 30.3 Å². The molecular weight excluding hydrogens is 618 g/mol. The van der Waals surface area contributed by atoms with E-state index in [0.29, 0.717) is 6.42 Å². The average Bonchev–Trinajstić information content (AvgIpc) is 3.48. The summed E-state index contributed by atoms with van der Waals surface area (Å²) in [4.78, 5) is 52.4. The van der Waals surface area contributed by atoms with Gasteiger partial charge < -0.3 is 30.5 Å². The van der Waals surface area contributed by atoms with Crippen LogP contribution in [0.15, 0.2) is 36.5 Å². The van der Waals surface area contributed by atoms with Crippen LogP contribution in [-0.2, 0) is 19.2 Å². The molecule has 3 aliphatic heterocycles. The number of aromatic nitrogens is 2. The first kappa shape index (κ1) is 37.0. The third kappa shape index (κ3) is 12.0. The highest BCUT2D eigenvalue weighted by molar-refractivity contribution is 5.83. The molecule has 2 aromatic rings. The highest BCUT2D eigenvalue weighted by Gasteiger charge is 2.45.